The van der Waals surface area contributed by atoms with Crippen LogP contribution in [0.25, 0.3) is 10.6 Å². The number of halogens is 1. The van der Waals surface area contributed by atoms with Crippen LogP contribution in [0.3, 0.4) is 0 Å². The highest BCUT2D eigenvalue weighted by Crippen LogP contribution is 2.28. The van der Waals surface area contributed by atoms with Crippen LogP contribution in [-0.2, 0) is 0 Å². The van der Waals surface area contributed by atoms with Gasteiger partial charge in [-0.25, -0.2) is 15.0 Å². The SMILES string of the molecule is CNc1ncc(-c2ccnc(Nc3cccc(N=Cc4ccc(OC)c(Br)c4)c3)n2)s1. The predicted octanol–water partition coefficient (Wildman–Crippen LogP) is 5.91. The maximum Gasteiger partial charge on any atom is 0.227 e. The van der Waals surface area contributed by atoms with Crippen LogP contribution >= 0.6 is 27.3 Å². The number of ether oxygens (including phenoxy) is 1. The van der Waals surface area contributed by atoms with E-state index < -0.39 is 0 Å². The van der Waals surface area contributed by atoms with E-state index >= 15 is 0 Å². The van der Waals surface area contributed by atoms with Crippen LogP contribution in [0.15, 0.2) is 70.4 Å². The molecule has 0 radical (unpaired) electrons. The summed E-state index contributed by atoms with van der Waals surface area (Å²) >= 11 is 5.03. The Morgan fingerprint density at radius 1 is 1.13 bits per heavy atom. The molecule has 156 valence electrons. The van der Waals surface area contributed by atoms with Gasteiger partial charge in [0.2, 0.25) is 5.95 Å². The Kier molecular flexibility index (Phi) is 6.54. The molecule has 7 nitrogen and oxygen atoms in total. The summed E-state index contributed by atoms with van der Waals surface area (Å²) < 4.78 is 6.14. The van der Waals surface area contributed by atoms with Gasteiger partial charge < -0.3 is 15.4 Å². The number of methoxy groups -OCH3 is 1. The van der Waals surface area contributed by atoms with E-state index in [0.717, 1.165) is 42.9 Å². The zero-order valence-corrected chi connectivity index (χ0v) is 19.2. The molecule has 0 unspecified atom stereocenters. The van der Waals surface area contributed by atoms with E-state index in [1.54, 1.807) is 30.8 Å². The van der Waals surface area contributed by atoms with Crippen molar-refractivity contribution < 1.29 is 4.74 Å². The summed E-state index contributed by atoms with van der Waals surface area (Å²) in [4.78, 5) is 18.8. The molecule has 4 aromatic rings. The third kappa shape index (κ3) is 5.25. The van der Waals surface area contributed by atoms with Gasteiger partial charge in [-0.3, -0.25) is 4.99 Å². The summed E-state index contributed by atoms with van der Waals surface area (Å²) in [7, 11) is 3.49. The Balaban J connectivity index is 1.50. The van der Waals surface area contributed by atoms with E-state index in [4.69, 9.17) is 4.74 Å². The Bertz CT molecular complexity index is 1230. The van der Waals surface area contributed by atoms with Crippen molar-refractivity contribution in [2.24, 2.45) is 4.99 Å². The lowest BCUT2D eigenvalue weighted by Gasteiger charge is -2.06. The molecule has 0 aliphatic heterocycles. The van der Waals surface area contributed by atoms with Crippen molar-refractivity contribution >= 4 is 55.9 Å². The average molecular weight is 495 g/mol. The van der Waals surface area contributed by atoms with Crippen LogP contribution in [0, 0.1) is 0 Å². The van der Waals surface area contributed by atoms with Gasteiger partial charge in [0.05, 0.1) is 27.8 Å². The molecule has 2 aromatic heterocycles. The number of benzene rings is 2. The summed E-state index contributed by atoms with van der Waals surface area (Å²) in [6.45, 7) is 0. The fraction of sp³-hybridized carbons (Fsp3) is 0.0909. The lowest BCUT2D eigenvalue weighted by Crippen LogP contribution is -1.97. The van der Waals surface area contributed by atoms with Crippen LogP contribution in [0.5, 0.6) is 5.75 Å². The number of nitrogens with zero attached hydrogens (tertiary/aromatic N) is 4. The molecule has 0 atom stereocenters. The minimum atomic E-state index is 0.511. The summed E-state index contributed by atoms with van der Waals surface area (Å²) in [6, 6.07) is 15.4. The lowest BCUT2D eigenvalue weighted by atomic mass is 10.2. The van der Waals surface area contributed by atoms with Crippen LogP contribution < -0.4 is 15.4 Å². The number of aliphatic imine (C=N–C) groups is 1. The fourth-order valence-corrected chi connectivity index (χ4v) is 4.07. The zero-order chi connectivity index (χ0) is 21.6. The molecule has 0 bridgehead atoms. The van der Waals surface area contributed by atoms with Gasteiger partial charge in [0, 0.05) is 31.3 Å². The number of hydrogen-bond acceptors (Lipinski definition) is 8. The van der Waals surface area contributed by atoms with Crippen LogP contribution in [0.2, 0.25) is 0 Å². The second-order valence-corrected chi connectivity index (χ2v) is 8.26. The first-order valence-corrected chi connectivity index (χ1v) is 11.0. The van der Waals surface area contributed by atoms with Gasteiger partial charge in [-0.05, 0) is 64.0 Å². The summed E-state index contributed by atoms with van der Waals surface area (Å²) in [5.74, 6) is 1.29. The molecule has 2 heterocycles. The van der Waals surface area contributed by atoms with Crippen molar-refractivity contribution in [1.29, 1.82) is 0 Å². The fourth-order valence-electron chi connectivity index (χ4n) is 2.77. The lowest BCUT2D eigenvalue weighted by molar-refractivity contribution is 0.412. The second-order valence-electron chi connectivity index (χ2n) is 6.37. The molecular formula is C22H19BrN6OS. The first-order chi connectivity index (χ1) is 15.1. The molecule has 0 saturated carbocycles. The van der Waals surface area contributed by atoms with E-state index in [0.29, 0.717) is 5.95 Å². The highest BCUT2D eigenvalue weighted by Gasteiger charge is 2.07. The maximum atomic E-state index is 5.26. The highest BCUT2D eigenvalue weighted by molar-refractivity contribution is 9.10. The molecule has 0 saturated heterocycles. The first kappa shape index (κ1) is 21.0. The highest BCUT2D eigenvalue weighted by atomic mass is 79.9. The van der Waals surface area contributed by atoms with Crippen molar-refractivity contribution in [3.63, 3.8) is 0 Å². The number of thiazole rings is 1. The van der Waals surface area contributed by atoms with Gasteiger partial charge in [-0.2, -0.15) is 0 Å². The summed E-state index contributed by atoms with van der Waals surface area (Å²) in [6.07, 6.45) is 5.34. The van der Waals surface area contributed by atoms with E-state index in [9.17, 15) is 0 Å². The van der Waals surface area contributed by atoms with Gasteiger partial charge in [-0.1, -0.05) is 17.4 Å². The third-order valence-electron chi connectivity index (χ3n) is 4.27. The zero-order valence-electron chi connectivity index (χ0n) is 16.8. The molecule has 0 aliphatic rings. The van der Waals surface area contributed by atoms with Crippen molar-refractivity contribution in [2.45, 2.75) is 0 Å². The molecule has 2 N–H and O–H groups in total. The third-order valence-corrected chi connectivity index (χ3v) is 5.93. The number of nitrogens with one attached hydrogen (secondary N) is 2. The van der Waals surface area contributed by atoms with Crippen LogP contribution in [0.4, 0.5) is 22.5 Å². The van der Waals surface area contributed by atoms with Gasteiger partial charge in [0.25, 0.3) is 0 Å². The first-order valence-electron chi connectivity index (χ1n) is 9.36. The monoisotopic (exact) mass is 494 g/mol. The Hall–Kier alpha value is -3.30. The number of anilines is 3. The molecule has 0 spiro atoms. The Morgan fingerprint density at radius 3 is 2.81 bits per heavy atom. The van der Waals surface area contributed by atoms with Gasteiger partial charge in [-0.15, -0.1) is 0 Å². The standard InChI is InChI=1S/C22H19BrN6OS/c1-24-22-27-13-20(31-22)18-8-9-25-21(29-18)28-16-5-3-4-15(11-16)26-12-14-6-7-19(30-2)17(23)10-14/h3-13H,1-2H3,(H,24,27)(H,25,28,29). The summed E-state index contributed by atoms with van der Waals surface area (Å²) in [5, 5.41) is 7.13. The Morgan fingerprint density at radius 2 is 2.03 bits per heavy atom. The van der Waals surface area contributed by atoms with E-state index in [1.165, 1.54) is 0 Å². The van der Waals surface area contributed by atoms with Gasteiger partial charge in [0.15, 0.2) is 5.13 Å². The van der Waals surface area contributed by atoms with Gasteiger partial charge in [0.1, 0.15) is 5.75 Å². The largest absolute Gasteiger partial charge is 0.496 e. The van der Waals surface area contributed by atoms with Crippen LogP contribution in [-0.4, -0.2) is 35.3 Å². The van der Waals surface area contributed by atoms with Crippen LogP contribution in [0.1, 0.15) is 5.56 Å². The average Bonchev–Trinajstić information content (AvgIpc) is 3.28. The number of hydrogen-bond donors (Lipinski definition) is 2. The molecule has 0 fully saturated rings. The molecule has 9 heteroatoms. The summed E-state index contributed by atoms with van der Waals surface area (Å²) in [5.41, 5.74) is 3.44. The van der Waals surface area contributed by atoms with E-state index in [1.807, 2.05) is 61.8 Å². The smallest absolute Gasteiger partial charge is 0.227 e. The van der Waals surface area contributed by atoms with Crippen molar-refractivity contribution in [2.75, 3.05) is 24.8 Å². The minimum Gasteiger partial charge on any atom is -0.496 e. The van der Waals surface area contributed by atoms with Gasteiger partial charge >= 0.3 is 0 Å². The number of rotatable bonds is 7. The normalized spacial score (nSPS) is 10.9. The topological polar surface area (TPSA) is 84.3 Å². The predicted molar refractivity (Wildman–Crippen MR) is 130 cm³/mol. The quantitative estimate of drug-likeness (QED) is 0.310. The molecule has 2 aromatic carbocycles. The van der Waals surface area contributed by atoms with E-state index in [-0.39, 0.29) is 0 Å². The molecule has 31 heavy (non-hydrogen) atoms. The number of aromatic nitrogens is 3. The molecular weight excluding hydrogens is 476 g/mol. The molecule has 4 rings (SSSR count). The second kappa shape index (κ2) is 9.67. The minimum absolute atomic E-state index is 0.511. The maximum absolute atomic E-state index is 5.26. The van der Waals surface area contributed by atoms with Crippen molar-refractivity contribution in [3.8, 4) is 16.3 Å². The van der Waals surface area contributed by atoms with E-state index in [2.05, 4.69) is 46.5 Å². The van der Waals surface area contributed by atoms with Crippen molar-refractivity contribution in [1.82, 2.24) is 15.0 Å². The Labute approximate surface area is 192 Å². The molecule has 0 aliphatic carbocycles. The molecule has 0 amide bonds. The van der Waals surface area contributed by atoms with Crippen molar-refractivity contribution in [3.05, 3.63) is 71.0 Å².